The van der Waals surface area contributed by atoms with Crippen molar-refractivity contribution in [1.82, 2.24) is 19.7 Å². The number of carbonyl (C=O) groups is 2. The fraction of sp³-hybridized carbons (Fsp3) is 0.474. The number of nitrogens with zero attached hydrogens (tertiary/aromatic N) is 3. The second-order valence-corrected chi connectivity index (χ2v) is 6.57. The number of hydrogen-bond donors (Lipinski definition) is 1. The van der Waals surface area contributed by atoms with Crippen molar-refractivity contribution in [1.29, 1.82) is 0 Å². The van der Waals surface area contributed by atoms with Gasteiger partial charge in [0, 0.05) is 44.1 Å². The number of aryl methyl sites for hydroxylation is 1. The molecule has 1 saturated heterocycles. The Morgan fingerprint density at radius 1 is 1.15 bits per heavy atom. The van der Waals surface area contributed by atoms with Crippen molar-refractivity contribution in [3.05, 3.63) is 47.2 Å². The summed E-state index contributed by atoms with van der Waals surface area (Å²) in [7, 11) is 0. The highest BCUT2D eigenvalue weighted by Crippen LogP contribution is 2.20. The maximum Gasteiger partial charge on any atom is 0.317 e. The SMILES string of the molecule is CCNC(=O)N1CCN(C(=O)c2cc(C)n(Cc3ccco3)c2C)CC1. The lowest BCUT2D eigenvalue weighted by atomic mass is 10.2. The van der Waals surface area contributed by atoms with Crippen molar-refractivity contribution in [2.24, 2.45) is 0 Å². The van der Waals surface area contributed by atoms with Crippen LogP contribution < -0.4 is 5.32 Å². The zero-order valence-corrected chi connectivity index (χ0v) is 15.6. The predicted molar refractivity (Wildman–Crippen MR) is 98.3 cm³/mol. The normalized spacial score (nSPS) is 14.6. The summed E-state index contributed by atoms with van der Waals surface area (Å²) in [4.78, 5) is 28.4. The third-order valence-electron chi connectivity index (χ3n) is 4.88. The van der Waals surface area contributed by atoms with Gasteiger partial charge in [-0.25, -0.2) is 4.79 Å². The molecule has 3 heterocycles. The van der Waals surface area contributed by atoms with Crippen molar-refractivity contribution in [3.8, 4) is 0 Å². The van der Waals surface area contributed by atoms with E-state index >= 15 is 0 Å². The highest BCUT2D eigenvalue weighted by Gasteiger charge is 2.27. The van der Waals surface area contributed by atoms with Gasteiger partial charge in [0.1, 0.15) is 5.76 Å². The summed E-state index contributed by atoms with van der Waals surface area (Å²) < 4.78 is 7.52. The maximum atomic E-state index is 13.0. The fourth-order valence-electron chi connectivity index (χ4n) is 3.37. The summed E-state index contributed by atoms with van der Waals surface area (Å²) in [5.74, 6) is 0.890. The first-order valence-corrected chi connectivity index (χ1v) is 9.02. The number of hydrogen-bond acceptors (Lipinski definition) is 3. The molecule has 26 heavy (non-hydrogen) atoms. The Hall–Kier alpha value is -2.70. The number of aromatic nitrogens is 1. The number of rotatable bonds is 4. The van der Waals surface area contributed by atoms with Crippen LogP contribution in [0.15, 0.2) is 28.9 Å². The molecule has 0 aliphatic carbocycles. The van der Waals surface area contributed by atoms with Crippen molar-refractivity contribution < 1.29 is 14.0 Å². The van der Waals surface area contributed by atoms with Gasteiger partial charge < -0.3 is 24.1 Å². The predicted octanol–water partition coefficient (Wildman–Crippen LogP) is 2.23. The molecule has 0 spiro atoms. The molecule has 1 N–H and O–H groups in total. The lowest BCUT2D eigenvalue weighted by Gasteiger charge is -2.34. The molecule has 0 bridgehead atoms. The van der Waals surface area contributed by atoms with Gasteiger partial charge in [-0.2, -0.15) is 0 Å². The smallest absolute Gasteiger partial charge is 0.317 e. The average Bonchev–Trinajstić information content (AvgIpc) is 3.25. The molecule has 1 aliphatic heterocycles. The summed E-state index contributed by atoms with van der Waals surface area (Å²) in [5.41, 5.74) is 2.69. The minimum atomic E-state index is -0.0591. The molecule has 0 saturated carbocycles. The molecule has 7 heteroatoms. The van der Waals surface area contributed by atoms with E-state index in [2.05, 4.69) is 9.88 Å². The van der Waals surface area contributed by atoms with Gasteiger partial charge in [0.2, 0.25) is 0 Å². The third kappa shape index (κ3) is 3.61. The molecule has 140 valence electrons. The van der Waals surface area contributed by atoms with Crippen LogP contribution in [0.4, 0.5) is 4.79 Å². The first kappa shape index (κ1) is 18.1. The standard InChI is InChI=1S/C19H26N4O3/c1-4-20-19(25)22-9-7-21(8-10-22)18(24)17-12-14(2)23(15(17)3)13-16-6-5-11-26-16/h5-6,11-12H,4,7-10,13H2,1-3H3,(H,20,25). The lowest BCUT2D eigenvalue weighted by Crippen LogP contribution is -2.53. The number of furan rings is 1. The van der Waals surface area contributed by atoms with Crippen LogP contribution in [0.25, 0.3) is 0 Å². The average molecular weight is 358 g/mol. The summed E-state index contributed by atoms with van der Waals surface area (Å²) in [5, 5.41) is 2.80. The van der Waals surface area contributed by atoms with E-state index in [9.17, 15) is 9.59 Å². The van der Waals surface area contributed by atoms with Gasteiger partial charge in [0.25, 0.3) is 5.91 Å². The van der Waals surface area contributed by atoms with Crippen molar-refractivity contribution in [2.75, 3.05) is 32.7 Å². The second-order valence-electron chi connectivity index (χ2n) is 6.57. The lowest BCUT2D eigenvalue weighted by molar-refractivity contribution is 0.0664. The van der Waals surface area contributed by atoms with Crippen LogP contribution in [0.3, 0.4) is 0 Å². The van der Waals surface area contributed by atoms with E-state index in [-0.39, 0.29) is 11.9 Å². The van der Waals surface area contributed by atoms with Gasteiger partial charge in [0.05, 0.1) is 18.4 Å². The van der Waals surface area contributed by atoms with Gasteiger partial charge in [0.15, 0.2) is 0 Å². The Morgan fingerprint density at radius 2 is 1.85 bits per heavy atom. The summed E-state index contributed by atoms with van der Waals surface area (Å²) >= 11 is 0. The number of amides is 3. The second kappa shape index (κ2) is 7.68. The molecule has 3 amide bonds. The molecule has 2 aromatic heterocycles. The van der Waals surface area contributed by atoms with Gasteiger partial charge in [-0.05, 0) is 39.0 Å². The Labute approximate surface area is 153 Å². The van der Waals surface area contributed by atoms with Crippen molar-refractivity contribution >= 4 is 11.9 Å². The summed E-state index contributed by atoms with van der Waals surface area (Å²) in [6, 6.07) is 5.68. The molecule has 0 atom stereocenters. The quantitative estimate of drug-likeness (QED) is 0.911. The van der Waals surface area contributed by atoms with E-state index < -0.39 is 0 Å². The fourth-order valence-corrected chi connectivity index (χ4v) is 3.37. The van der Waals surface area contributed by atoms with E-state index in [1.165, 1.54) is 0 Å². The summed E-state index contributed by atoms with van der Waals surface area (Å²) in [6.07, 6.45) is 1.66. The Kier molecular flexibility index (Phi) is 5.35. The van der Waals surface area contributed by atoms with Gasteiger partial charge in [-0.1, -0.05) is 0 Å². The van der Waals surface area contributed by atoms with E-state index in [0.29, 0.717) is 39.3 Å². The van der Waals surface area contributed by atoms with Gasteiger partial charge >= 0.3 is 6.03 Å². The third-order valence-corrected chi connectivity index (χ3v) is 4.88. The molecular weight excluding hydrogens is 332 g/mol. The van der Waals surface area contributed by atoms with Crippen LogP contribution in [0, 0.1) is 13.8 Å². The monoisotopic (exact) mass is 358 g/mol. The molecule has 1 aliphatic rings. The Bertz CT molecular complexity index is 771. The van der Waals surface area contributed by atoms with Crippen LogP contribution in [0.2, 0.25) is 0 Å². The van der Waals surface area contributed by atoms with Gasteiger partial charge in [-0.3, -0.25) is 4.79 Å². The van der Waals surface area contributed by atoms with E-state index in [1.54, 1.807) is 11.2 Å². The number of piperazine rings is 1. The topological polar surface area (TPSA) is 70.7 Å². The minimum absolute atomic E-state index is 0.0272. The van der Waals surface area contributed by atoms with Crippen LogP contribution in [0.1, 0.15) is 34.4 Å². The molecule has 1 fully saturated rings. The largest absolute Gasteiger partial charge is 0.467 e. The first-order chi connectivity index (χ1) is 12.5. The van der Waals surface area contributed by atoms with E-state index in [4.69, 9.17) is 4.42 Å². The Balaban J connectivity index is 1.68. The summed E-state index contributed by atoms with van der Waals surface area (Å²) in [6.45, 7) is 9.31. The Morgan fingerprint density at radius 3 is 2.46 bits per heavy atom. The minimum Gasteiger partial charge on any atom is -0.467 e. The van der Waals surface area contributed by atoms with Crippen molar-refractivity contribution in [3.63, 3.8) is 0 Å². The molecule has 0 unspecified atom stereocenters. The van der Waals surface area contributed by atoms with E-state index in [1.807, 2.05) is 43.9 Å². The van der Waals surface area contributed by atoms with Crippen LogP contribution >= 0.6 is 0 Å². The highest BCUT2D eigenvalue weighted by atomic mass is 16.3. The van der Waals surface area contributed by atoms with Crippen molar-refractivity contribution in [2.45, 2.75) is 27.3 Å². The first-order valence-electron chi connectivity index (χ1n) is 9.02. The molecular formula is C19H26N4O3. The van der Waals surface area contributed by atoms with Crippen LogP contribution in [-0.4, -0.2) is 59.0 Å². The number of carbonyl (C=O) groups excluding carboxylic acids is 2. The molecule has 0 aromatic carbocycles. The molecule has 3 rings (SSSR count). The zero-order valence-electron chi connectivity index (χ0n) is 15.6. The number of nitrogens with one attached hydrogen (secondary N) is 1. The van der Waals surface area contributed by atoms with Crippen LogP contribution in [0.5, 0.6) is 0 Å². The molecule has 0 radical (unpaired) electrons. The molecule has 2 aromatic rings. The number of urea groups is 1. The van der Waals surface area contributed by atoms with Crippen LogP contribution in [-0.2, 0) is 6.54 Å². The molecule has 7 nitrogen and oxygen atoms in total. The van der Waals surface area contributed by atoms with Gasteiger partial charge in [-0.15, -0.1) is 0 Å². The maximum absolute atomic E-state index is 13.0. The highest BCUT2D eigenvalue weighted by molar-refractivity contribution is 5.96. The van der Waals surface area contributed by atoms with E-state index in [0.717, 1.165) is 22.7 Å². The zero-order chi connectivity index (χ0) is 18.7.